The summed E-state index contributed by atoms with van der Waals surface area (Å²) in [6, 6.07) is 0. The van der Waals surface area contributed by atoms with Gasteiger partial charge >= 0.3 is 0 Å². The van der Waals surface area contributed by atoms with E-state index in [1.54, 1.807) is 7.11 Å². The molecule has 0 aromatic rings. The zero-order chi connectivity index (χ0) is 12.8. The molecule has 5 heteroatoms. The number of aliphatic hydroxyl groups is 2. The monoisotopic (exact) mass is 238 g/mol. The average Bonchev–Trinajstić information content (AvgIpc) is 2.83. The SMILES string of the molecule is CC.CO.COCCOC1COC(CO)C1. The summed E-state index contributed by atoms with van der Waals surface area (Å²) < 4.78 is 15.5. The lowest BCUT2D eigenvalue weighted by molar-refractivity contribution is 0.00772. The highest BCUT2D eigenvalue weighted by atomic mass is 16.6. The van der Waals surface area contributed by atoms with Crippen molar-refractivity contribution in [3.05, 3.63) is 0 Å². The molecule has 2 atom stereocenters. The van der Waals surface area contributed by atoms with Gasteiger partial charge in [-0.1, -0.05) is 13.8 Å². The summed E-state index contributed by atoms with van der Waals surface area (Å²) in [5, 5.41) is 15.8. The Morgan fingerprint density at radius 1 is 1.25 bits per heavy atom. The second-order valence-corrected chi connectivity index (χ2v) is 2.86. The van der Waals surface area contributed by atoms with Gasteiger partial charge < -0.3 is 24.4 Å². The maximum absolute atomic E-state index is 8.75. The molecule has 1 fully saturated rings. The van der Waals surface area contributed by atoms with Crippen LogP contribution in [0.2, 0.25) is 0 Å². The van der Waals surface area contributed by atoms with E-state index >= 15 is 0 Å². The van der Waals surface area contributed by atoms with Crippen molar-refractivity contribution in [2.24, 2.45) is 0 Å². The summed E-state index contributed by atoms with van der Waals surface area (Å²) in [5.74, 6) is 0. The zero-order valence-corrected chi connectivity index (χ0v) is 10.8. The van der Waals surface area contributed by atoms with E-state index in [9.17, 15) is 0 Å². The van der Waals surface area contributed by atoms with Gasteiger partial charge in [0.15, 0.2) is 0 Å². The first-order valence-corrected chi connectivity index (χ1v) is 5.64. The molecule has 0 spiro atoms. The van der Waals surface area contributed by atoms with Gasteiger partial charge in [0.25, 0.3) is 0 Å². The smallest absolute Gasteiger partial charge is 0.0835 e. The fourth-order valence-electron chi connectivity index (χ4n) is 1.21. The maximum Gasteiger partial charge on any atom is 0.0835 e. The van der Waals surface area contributed by atoms with Gasteiger partial charge in [-0.15, -0.1) is 0 Å². The van der Waals surface area contributed by atoms with Gasteiger partial charge in [0.1, 0.15) is 0 Å². The van der Waals surface area contributed by atoms with Gasteiger partial charge in [-0.2, -0.15) is 0 Å². The molecule has 2 N–H and O–H groups in total. The first-order chi connectivity index (χ1) is 7.86. The summed E-state index contributed by atoms with van der Waals surface area (Å²) in [4.78, 5) is 0. The van der Waals surface area contributed by atoms with Crippen LogP contribution in [0.4, 0.5) is 0 Å². The van der Waals surface area contributed by atoms with Crippen molar-refractivity contribution >= 4 is 0 Å². The third-order valence-electron chi connectivity index (χ3n) is 1.89. The number of aliphatic hydroxyl groups excluding tert-OH is 2. The molecule has 1 aliphatic heterocycles. The molecule has 100 valence electrons. The predicted octanol–water partition coefficient (Wildman–Crippen LogP) is 0.434. The Morgan fingerprint density at radius 3 is 2.31 bits per heavy atom. The largest absolute Gasteiger partial charge is 0.400 e. The lowest BCUT2D eigenvalue weighted by atomic mass is 10.2. The molecule has 16 heavy (non-hydrogen) atoms. The standard InChI is InChI=1S/C8H16O4.C2H6.CH4O/c1-10-2-3-11-8-4-7(5-9)12-6-8;2*1-2/h7-9H,2-6H2,1H3;1-2H3;2H,1H3. The molecule has 1 rings (SSSR count). The highest BCUT2D eigenvalue weighted by molar-refractivity contribution is 4.72. The molecular weight excluding hydrogens is 212 g/mol. The van der Waals surface area contributed by atoms with Crippen LogP contribution in [-0.4, -0.2) is 63.1 Å². The van der Waals surface area contributed by atoms with Crippen molar-refractivity contribution < 1.29 is 24.4 Å². The third kappa shape index (κ3) is 9.06. The molecule has 0 aliphatic carbocycles. The van der Waals surface area contributed by atoms with E-state index in [2.05, 4.69) is 0 Å². The minimum atomic E-state index is -0.0301. The molecule has 2 unspecified atom stereocenters. The summed E-state index contributed by atoms with van der Waals surface area (Å²) in [5.41, 5.74) is 0. The number of hydrogen-bond donors (Lipinski definition) is 2. The molecule has 1 aliphatic rings. The first kappa shape index (κ1) is 18.2. The number of hydrogen-bond acceptors (Lipinski definition) is 5. The van der Waals surface area contributed by atoms with Crippen LogP contribution in [0.25, 0.3) is 0 Å². The quantitative estimate of drug-likeness (QED) is 0.680. The van der Waals surface area contributed by atoms with E-state index < -0.39 is 0 Å². The average molecular weight is 238 g/mol. The van der Waals surface area contributed by atoms with Crippen molar-refractivity contribution in [2.45, 2.75) is 32.5 Å². The van der Waals surface area contributed by atoms with Crippen LogP contribution in [0.3, 0.4) is 0 Å². The molecule has 5 nitrogen and oxygen atoms in total. The molecule has 0 aromatic carbocycles. The normalized spacial score (nSPS) is 22.9. The Morgan fingerprint density at radius 2 is 1.88 bits per heavy atom. The molecular formula is C11H26O5. The van der Waals surface area contributed by atoms with Crippen molar-refractivity contribution in [2.75, 3.05) is 40.6 Å². The maximum atomic E-state index is 8.75. The number of rotatable bonds is 5. The van der Waals surface area contributed by atoms with Gasteiger partial charge in [0.05, 0.1) is 38.6 Å². The van der Waals surface area contributed by atoms with Crippen LogP contribution < -0.4 is 0 Å². The topological polar surface area (TPSA) is 68.2 Å². The van der Waals surface area contributed by atoms with E-state index in [4.69, 9.17) is 24.4 Å². The van der Waals surface area contributed by atoms with Crippen molar-refractivity contribution in [3.8, 4) is 0 Å². The lowest BCUT2D eigenvalue weighted by Crippen LogP contribution is -2.16. The fraction of sp³-hybridized carbons (Fsp3) is 1.00. The van der Waals surface area contributed by atoms with E-state index in [1.807, 2.05) is 13.8 Å². The van der Waals surface area contributed by atoms with Crippen LogP contribution in [0.5, 0.6) is 0 Å². The van der Waals surface area contributed by atoms with Crippen LogP contribution >= 0.6 is 0 Å². The highest BCUT2D eigenvalue weighted by Gasteiger charge is 2.24. The van der Waals surface area contributed by atoms with E-state index in [0.717, 1.165) is 13.5 Å². The van der Waals surface area contributed by atoms with Crippen molar-refractivity contribution in [3.63, 3.8) is 0 Å². The predicted molar refractivity (Wildman–Crippen MR) is 62.5 cm³/mol. The van der Waals surface area contributed by atoms with Crippen molar-refractivity contribution in [1.82, 2.24) is 0 Å². The molecule has 1 saturated heterocycles. The second-order valence-electron chi connectivity index (χ2n) is 2.86. The number of ether oxygens (including phenoxy) is 3. The Labute approximate surface area is 98.3 Å². The fourth-order valence-corrected chi connectivity index (χ4v) is 1.21. The van der Waals surface area contributed by atoms with Crippen LogP contribution in [-0.2, 0) is 14.2 Å². The Hall–Kier alpha value is -0.200. The van der Waals surface area contributed by atoms with Gasteiger partial charge in [-0.25, -0.2) is 0 Å². The van der Waals surface area contributed by atoms with E-state index in [1.165, 1.54) is 0 Å². The first-order valence-electron chi connectivity index (χ1n) is 5.64. The Bertz CT molecular complexity index is 121. The third-order valence-corrected chi connectivity index (χ3v) is 1.89. The second kappa shape index (κ2) is 14.8. The minimum absolute atomic E-state index is 0.0301. The Balaban J connectivity index is 0. The summed E-state index contributed by atoms with van der Waals surface area (Å²) in [6.45, 7) is 5.89. The minimum Gasteiger partial charge on any atom is -0.400 e. The lowest BCUT2D eigenvalue weighted by Gasteiger charge is -2.08. The molecule has 0 radical (unpaired) electrons. The van der Waals surface area contributed by atoms with Crippen LogP contribution in [0.15, 0.2) is 0 Å². The number of methoxy groups -OCH3 is 1. The molecule has 0 bridgehead atoms. The van der Waals surface area contributed by atoms with Crippen LogP contribution in [0, 0.1) is 0 Å². The molecule has 1 heterocycles. The molecule has 0 aromatic heterocycles. The summed E-state index contributed by atoms with van der Waals surface area (Å²) in [6.07, 6.45) is 0.898. The van der Waals surface area contributed by atoms with Gasteiger partial charge in [0, 0.05) is 20.6 Å². The van der Waals surface area contributed by atoms with E-state index in [0.29, 0.717) is 19.8 Å². The highest BCUT2D eigenvalue weighted by Crippen LogP contribution is 2.15. The van der Waals surface area contributed by atoms with Gasteiger partial charge in [-0.3, -0.25) is 0 Å². The zero-order valence-electron chi connectivity index (χ0n) is 10.8. The van der Waals surface area contributed by atoms with Crippen molar-refractivity contribution in [1.29, 1.82) is 0 Å². The molecule has 0 saturated carbocycles. The summed E-state index contributed by atoms with van der Waals surface area (Å²) in [7, 11) is 2.64. The van der Waals surface area contributed by atoms with E-state index in [-0.39, 0.29) is 18.8 Å². The van der Waals surface area contributed by atoms with Gasteiger partial charge in [-0.05, 0) is 0 Å². The summed E-state index contributed by atoms with van der Waals surface area (Å²) >= 11 is 0. The molecule has 0 amide bonds. The Kier molecular flexibility index (Phi) is 16.8. The van der Waals surface area contributed by atoms with Gasteiger partial charge in [0.2, 0.25) is 0 Å². The van der Waals surface area contributed by atoms with Crippen LogP contribution in [0.1, 0.15) is 20.3 Å².